The predicted octanol–water partition coefficient (Wildman–Crippen LogP) is 3.33. The molecule has 2 N–H and O–H groups in total. The van der Waals surface area contributed by atoms with Crippen LogP contribution in [0.4, 0.5) is 10.1 Å². The topological polar surface area (TPSA) is 66.4 Å². The van der Waals surface area contributed by atoms with Gasteiger partial charge in [-0.05, 0) is 18.6 Å². The first-order valence-electron chi connectivity index (χ1n) is 5.06. The van der Waals surface area contributed by atoms with Crippen molar-refractivity contribution in [2.75, 3.05) is 5.32 Å². The maximum atomic E-state index is 13.1. The summed E-state index contributed by atoms with van der Waals surface area (Å²) in [6.07, 6.45) is 0.196. The Kier molecular flexibility index (Phi) is 5.37. The highest BCUT2D eigenvalue weighted by Crippen LogP contribution is 2.27. The van der Waals surface area contributed by atoms with Crippen LogP contribution in [0.25, 0.3) is 0 Å². The Morgan fingerprint density at radius 2 is 1.78 bits per heavy atom. The first-order valence-corrected chi connectivity index (χ1v) is 5.82. The van der Waals surface area contributed by atoms with Crippen LogP contribution in [0, 0.1) is 5.82 Å². The number of amides is 1. The molecule has 0 saturated carbocycles. The van der Waals surface area contributed by atoms with Crippen molar-refractivity contribution in [3.63, 3.8) is 0 Å². The molecule has 0 atom stereocenters. The number of hydrogen-bond donors (Lipinski definition) is 2. The molecule has 0 aliphatic rings. The van der Waals surface area contributed by atoms with Gasteiger partial charge in [0, 0.05) is 18.5 Å². The van der Waals surface area contributed by atoms with Gasteiger partial charge in [0.1, 0.15) is 0 Å². The summed E-state index contributed by atoms with van der Waals surface area (Å²) < 4.78 is 13.1. The van der Waals surface area contributed by atoms with Crippen molar-refractivity contribution in [2.45, 2.75) is 19.3 Å². The van der Waals surface area contributed by atoms with Crippen LogP contribution in [-0.2, 0) is 9.59 Å². The van der Waals surface area contributed by atoms with Crippen LogP contribution in [-0.4, -0.2) is 17.0 Å². The summed E-state index contributed by atoms with van der Waals surface area (Å²) in [6.45, 7) is 0. The van der Waals surface area contributed by atoms with Gasteiger partial charge >= 0.3 is 5.97 Å². The standard InChI is InChI=1S/C11H10Cl2FNO3/c12-7-4-6(5-8(13)11(7)14)15-9(16)2-1-3-10(17)18/h4-5H,1-3H2,(H,15,16)(H,17,18). The summed E-state index contributed by atoms with van der Waals surface area (Å²) in [5, 5.41) is 10.5. The Bertz CT molecular complexity index is 456. The van der Waals surface area contributed by atoms with E-state index in [1.807, 2.05) is 0 Å². The van der Waals surface area contributed by atoms with E-state index in [9.17, 15) is 14.0 Å². The molecule has 0 unspecified atom stereocenters. The molecule has 0 spiro atoms. The maximum absolute atomic E-state index is 13.1. The Balaban J connectivity index is 2.57. The minimum Gasteiger partial charge on any atom is -0.481 e. The zero-order valence-corrected chi connectivity index (χ0v) is 10.7. The molecule has 7 heteroatoms. The number of hydrogen-bond acceptors (Lipinski definition) is 2. The van der Waals surface area contributed by atoms with Gasteiger partial charge in [-0.2, -0.15) is 0 Å². The Morgan fingerprint density at radius 3 is 2.28 bits per heavy atom. The van der Waals surface area contributed by atoms with Crippen molar-refractivity contribution < 1.29 is 19.1 Å². The van der Waals surface area contributed by atoms with Crippen molar-refractivity contribution in [3.05, 3.63) is 28.0 Å². The zero-order chi connectivity index (χ0) is 13.7. The molecular formula is C11H10Cl2FNO3. The summed E-state index contributed by atoms with van der Waals surface area (Å²) in [5.41, 5.74) is 0.270. The molecule has 18 heavy (non-hydrogen) atoms. The van der Waals surface area contributed by atoms with Crippen molar-refractivity contribution in [1.29, 1.82) is 0 Å². The highest BCUT2D eigenvalue weighted by atomic mass is 35.5. The van der Waals surface area contributed by atoms with Crippen molar-refractivity contribution in [3.8, 4) is 0 Å². The molecule has 1 aromatic rings. The van der Waals surface area contributed by atoms with Crippen molar-refractivity contribution in [1.82, 2.24) is 0 Å². The van der Waals surface area contributed by atoms with Crippen LogP contribution < -0.4 is 5.32 Å². The van der Waals surface area contributed by atoms with E-state index < -0.39 is 11.8 Å². The van der Waals surface area contributed by atoms with Gasteiger partial charge in [0.05, 0.1) is 10.0 Å². The number of carbonyl (C=O) groups is 2. The van der Waals surface area contributed by atoms with E-state index in [4.69, 9.17) is 28.3 Å². The molecule has 0 aliphatic heterocycles. The first kappa shape index (κ1) is 14.7. The average molecular weight is 294 g/mol. The van der Waals surface area contributed by atoms with E-state index in [2.05, 4.69) is 5.32 Å². The first-order chi connectivity index (χ1) is 8.40. The van der Waals surface area contributed by atoms with Crippen LogP contribution in [0.15, 0.2) is 12.1 Å². The fraction of sp³-hybridized carbons (Fsp3) is 0.273. The van der Waals surface area contributed by atoms with Crippen LogP contribution in [0.2, 0.25) is 10.0 Å². The van der Waals surface area contributed by atoms with E-state index in [0.717, 1.165) is 0 Å². The Labute approximate surface area is 113 Å². The molecule has 0 aromatic heterocycles. The van der Waals surface area contributed by atoms with Gasteiger partial charge in [-0.3, -0.25) is 9.59 Å². The van der Waals surface area contributed by atoms with Crippen LogP contribution in [0.3, 0.4) is 0 Å². The summed E-state index contributed by atoms with van der Waals surface area (Å²) in [4.78, 5) is 21.7. The number of rotatable bonds is 5. The molecule has 1 aromatic carbocycles. The van der Waals surface area contributed by atoms with Crippen LogP contribution in [0.1, 0.15) is 19.3 Å². The minimum absolute atomic E-state index is 0.0545. The molecule has 0 heterocycles. The van der Waals surface area contributed by atoms with Gasteiger partial charge in [-0.15, -0.1) is 0 Å². The normalized spacial score (nSPS) is 10.2. The number of carboxylic acids is 1. The monoisotopic (exact) mass is 293 g/mol. The molecule has 0 saturated heterocycles. The summed E-state index contributed by atoms with van der Waals surface area (Å²) in [6, 6.07) is 2.47. The van der Waals surface area contributed by atoms with E-state index in [-0.39, 0.29) is 40.9 Å². The number of carbonyl (C=O) groups excluding carboxylic acids is 1. The summed E-state index contributed by atoms with van der Waals surface area (Å²) >= 11 is 11.1. The lowest BCUT2D eigenvalue weighted by atomic mass is 10.2. The SMILES string of the molecule is O=C(O)CCCC(=O)Nc1cc(Cl)c(F)c(Cl)c1. The fourth-order valence-electron chi connectivity index (χ4n) is 1.25. The van der Waals surface area contributed by atoms with E-state index in [1.165, 1.54) is 12.1 Å². The number of carboxylic acid groups (broad SMARTS) is 1. The quantitative estimate of drug-likeness (QED) is 0.819. The third kappa shape index (κ3) is 4.50. The van der Waals surface area contributed by atoms with Gasteiger partial charge in [0.25, 0.3) is 0 Å². The second-order valence-electron chi connectivity index (χ2n) is 3.55. The molecule has 0 radical (unpaired) electrons. The lowest BCUT2D eigenvalue weighted by Gasteiger charge is -2.06. The van der Waals surface area contributed by atoms with Gasteiger partial charge in [0.15, 0.2) is 5.82 Å². The molecular weight excluding hydrogens is 284 g/mol. The number of aliphatic carboxylic acids is 1. The van der Waals surface area contributed by atoms with E-state index in [0.29, 0.717) is 0 Å². The number of anilines is 1. The molecule has 4 nitrogen and oxygen atoms in total. The highest BCUT2D eigenvalue weighted by Gasteiger charge is 2.10. The van der Waals surface area contributed by atoms with E-state index in [1.54, 1.807) is 0 Å². The number of halogens is 3. The minimum atomic E-state index is -0.962. The second kappa shape index (κ2) is 6.56. The lowest BCUT2D eigenvalue weighted by molar-refractivity contribution is -0.137. The third-order valence-electron chi connectivity index (χ3n) is 2.06. The maximum Gasteiger partial charge on any atom is 0.303 e. The molecule has 0 bridgehead atoms. The highest BCUT2D eigenvalue weighted by molar-refractivity contribution is 6.35. The molecule has 98 valence electrons. The van der Waals surface area contributed by atoms with Gasteiger partial charge < -0.3 is 10.4 Å². The second-order valence-corrected chi connectivity index (χ2v) is 4.36. The fourth-order valence-corrected chi connectivity index (χ4v) is 1.74. The van der Waals surface area contributed by atoms with Gasteiger partial charge in [-0.1, -0.05) is 23.2 Å². The Morgan fingerprint density at radius 1 is 1.22 bits per heavy atom. The van der Waals surface area contributed by atoms with E-state index >= 15 is 0 Å². The summed E-state index contributed by atoms with van der Waals surface area (Å²) in [7, 11) is 0. The molecule has 1 rings (SSSR count). The van der Waals surface area contributed by atoms with Crippen LogP contribution >= 0.6 is 23.2 Å². The zero-order valence-electron chi connectivity index (χ0n) is 9.17. The van der Waals surface area contributed by atoms with Gasteiger partial charge in [0.2, 0.25) is 5.91 Å². The third-order valence-corrected chi connectivity index (χ3v) is 2.61. The number of nitrogens with one attached hydrogen (secondary N) is 1. The van der Waals surface area contributed by atoms with Crippen molar-refractivity contribution in [2.24, 2.45) is 0 Å². The average Bonchev–Trinajstić information content (AvgIpc) is 2.25. The lowest BCUT2D eigenvalue weighted by Crippen LogP contribution is -2.12. The summed E-state index contributed by atoms with van der Waals surface area (Å²) in [5.74, 6) is -2.09. The largest absolute Gasteiger partial charge is 0.481 e. The van der Waals surface area contributed by atoms with Crippen LogP contribution in [0.5, 0.6) is 0 Å². The smallest absolute Gasteiger partial charge is 0.303 e. The number of benzene rings is 1. The molecule has 0 aliphatic carbocycles. The predicted molar refractivity (Wildman–Crippen MR) is 66.5 cm³/mol. The van der Waals surface area contributed by atoms with Gasteiger partial charge in [-0.25, -0.2) is 4.39 Å². The van der Waals surface area contributed by atoms with Crippen molar-refractivity contribution >= 4 is 40.8 Å². The molecule has 0 fully saturated rings. The molecule has 1 amide bonds. The Hall–Kier alpha value is -1.33.